The highest BCUT2D eigenvalue weighted by Crippen LogP contribution is 2.46. The fourth-order valence-electron chi connectivity index (χ4n) is 4.55. The third kappa shape index (κ3) is 2.53. The van der Waals surface area contributed by atoms with Crippen LogP contribution in [-0.4, -0.2) is 11.6 Å². The Morgan fingerprint density at radius 1 is 1.08 bits per heavy atom. The van der Waals surface area contributed by atoms with E-state index >= 15 is 0 Å². The number of hydrogen-bond acceptors (Lipinski definition) is 2. The van der Waals surface area contributed by atoms with Crippen LogP contribution < -0.4 is 0 Å². The molecule has 2 nitrogen and oxygen atoms in total. The van der Waals surface area contributed by atoms with Gasteiger partial charge in [0.15, 0.2) is 0 Å². The van der Waals surface area contributed by atoms with E-state index in [2.05, 4.69) is 53.7 Å². The largest absolute Gasteiger partial charge is 0.285 e. The van der Waals surface area contributed by atoms with Crippen molar-refractivity contribution in [1.82, 2.24) is 0 Å². The Kier molecular flexibility index (Phi) is 4.09. The molecule has 0 saturated carbocycles. The lowest BCUT2D eigenvalue weighted by atomic mass is 9.64. The molecule has 0 saturated heterocycles. The van der Waals surface area contributed by atoms with Crippen molar-refractivity contribution in [3.05, 3.63) is 40.0 Å². The molecule has 1 aromatic rings. The molecule has 0 spiro atoms. The molecule has 2 heteroatoms. The lowest BCUT2D eigenvalue weighted by Gasteiger charge is -2.38. The second-order valence-electron chi connectivity index (χ2n) is 9.29. The van der Waals surface area contributed by atoms with Gasteiger partial charge in [-0.15, -0.1) is 0 Å². The third-order valence-corrected chi connectivity index (χ3v) is 6.80. The lowest BCUT2D eigenvalue weighted by Crippen LogP contribution is -2.36. The molecular formula is C23H30O2. The van der Waals surface area contributed by atoms with Crippen LogP contribution >= 0.6 is 0 Å². The first-order valence-corrected chi connectivity index (χ1v) is 9.47. The van der Waals surface area contributed by atoms with Gasteiger partial charge in [-0.3, -0.25) is 9.59 Å². The van der Waals surface area contributed by atoms with E-state index in [1.54, 1.807) is 0 Å². The molecule has 0 radical (unpaired) electrons. The number of fused-ring (bicyclic) bond motifs is 3. The summed E-state index contributed by atoms with van der Waals surface area (Å²) in [6.45, 7) is 14.9. The molecule has 0 aliphatic heterocycles. The fraction of sp³-hybridized carbons (Fsp3) is 0.565. The topological polar surface area (TPSA) is 34.1 Å². The highest BCUT2D eigenvalue weighted by atomic mass is 16.2. The van der Waals surface area contributed by atoms with Gasteiger partial charge in [0.2, 0.25) is 11.6 Å². The summed E-state index contributed by atoms with van der Waals surface area (Å²) in [7, 11) is 0. The Labute approximate surface area is 151 Å². The predicted molar refractivity (Wildman–Crippen MR) is 103 cm³/mol. The third-order valence-electron chi connectivity index (χ3n) is 6.80. The summed E-state index contributed by atoms with van der Waals surface area (Å²) >= 11 is 0. The molecule has 2 aliphatic carbocycles. The van der Waals surface area contributed by atoms with Crippen LogP contribution in [0.15, 0.2) is 17.7 Å². The van der Waals surface area contributed by atoms with Gasteiger partial charge in [0.05, 0.1) is 0 Å². The first-order chi connectivity index (χ1) is 11.5. The van der Waals surface area contributed by atoms with E-state index in [0.29, 0.717) is 11.1 Å². The number of carbonyl (C=O) groups excluding carboxylic acids is 2. The Balaban J connectivity index is 2.31. The quantitative estimate of drug-likeness (QED) is 0.665. The molecule has 25 heavy (non-hydrogen) atoms. The number of rotatable bonds is 2. The van der Waals surface area contributed by atoms with Gasteiger partial charge in [0.1, 0.15) is 0 Å². The minimum Gasteiger partial charge on any atom is -0.285 e. The van der Waals surface area contributed by atoms with Gasteiger partial charge in [-0.1, -0.05) is 53.7 Å². The van der Waals surface area contributed by atoms with E-state index in [1.165, 1.54) is 5.56 Å². The summed E-state index contributed by atoms with van der Waals surface area (Å²) < 4.78 is 0. The fourth-order valence-corrected chi connectivity index (χ4v) is 4.55. The summed E-state index contributed by atoms with van der Waals surface area (Å²) in [5.41, 5.74) is 5.48. The molecule has 0 atom stereocenters. The number of carbonyl (C=O) groups is 2. The summed E-state index contributed by atoms with van der Waals surface area (Å²) in [6.07, 6.45) is 3.10. The Hall–Kier alpha value is -1.70. The van der Waals surface area contributed by atoms with Crippen molar-refractivity contribution in [2.75, 3.05) is 0 Å². The molecule has 0 fully saturated rings. The van der Waals surface area contributed by atoms with Crippen molar-refractivity contribution in [1.29, 1.82) is 0 Å². The Morgan fingerprint density at radius 2 is 1.72 bits per heavy atom. The first kappa shape index (κ1) is 18.1. The standard InChI is InChI=1S/C23H30O2/c1-13(2)23(6,7)19-14(3)15-10-11-17-16(9-8-12-22(17,4)5)18(15)20(24)21(19)25/h10-11,13H,8-9,12H2,1-7H3. The van der Waals surface area contributed by atoms with E-state index in [4.69, 9.17) is 0 Å². The van der Waals surface area contributed by atoms with Crippen LogP contribution in [0.3, 0.4) is 0 Å². The van der Waals surface area contributed by atoms with Gasteiger partial charge in [-0.2, -0.15) is 0 Å². The zero-order chi connectivity index (χ0) is 18.7. The van der Waals surface area contributed by atoms with Crippen molar-refractivity contribution >= 4 is 17.1 Å². The molecule has 0 unspecified atom stereocenters. The molecular weight excluding hydrogens is 308 g/mol. The zero-order valence-corrected chi connectivity index (χ0v) is 16.7. The molecule has 134 valence electrons. The average Bonchev–Trinajstić information content (AvgIpc) is 2.51. The Morgan fingerprint density at radius 3 is 2.32 bits per heavy atom. The minimum atomic E-state index is -0.316. The second-order valence-corrected chi connectivity index (χ2v) is 9.29. The molecule has 0 aromatic heterocycles. The van der Waals surface area contributed by atoms with Crippen molar-refractivity contribution in [2.45, 2.75) is 73.1 Å². The van der Waals surface area contributed by atoms with Gasteiger partial charge in [-0.25, -0.2) is 0 Å². The SMILES string of the molecule is CC1=C(C(C)(C)C(C)C)C(=O)C(=O)c2c1ccc1c2CCCC1(C)C. The van der Waals surface area contributed by atoms with Crippen LogP contribution in [0.5, 0.6) is 0 Å². The van der Waals surface area contributed by atoms with Crippen molar-refractivity contribution in [2.24, 2.45) is 11.3 Å². The second kappa shape index (κ2) is 5.65. The maximum Gasteiger partial charge on any atom is 0.234 e. The first-order valence-electron chi connectivity index (χ1n) is 9.47. The number of ketones is 2. The van der Waals surface area contributed by atoms with Gasteiger partial charge in [0, 0.05) is 11.1 Å². The highest BCUT2D eigenvalue weighted by molar-refractivity contribution is 6.53. The Bertz CT molecular complexity index is 804. The van der Waals surface area contributed by atoms with E-state index < -0.39 is 0 Å². The van der Waals surface area contributed by atoms with Gasteiger partial charge < -0.3 is 0 Å². The number of Topliss-reactive ketones (excluding diaryl/α,β-unsaturated/α-hetero) is 2. The summed E-state index contributed by atoms with van der Waals surface area (Å²) in [5.74, 6) is -0.299. The van der Waals surface area contributed by atoms with Crippen LogP contribution in [-0.2, 0) is 16.6 Å². The number of hydrogen-bond donors (Lipinski definition) is 0. The van der Waals surface area contributed by atoms with E-state index in [9.17, 15) is 9.59 Å². The molecule has 0 N–H and O–H groups in total. The monoisotopic (exact) mass is 338 g/mol. The molecule has 0 bridgehead atoms. The molecule has 3 rings (SSSR count). The van der Waals surface area contributed by atoms with Crippen LogP contribution in [0.1, 0.15) is 88.4 Å². The van der Waals surface area contributed by atoms with Gasteiger partial charge >= 0.3 is 0 Å². The highest BCUT2D eigenvalue weighted by Gasteiger charge is 2.42. The molecule has 0 heterocycles. The summed E-state index contributed by atoms with van der Waals surface area (Å²) in [6, 6.07) is 4.28. The van der Waals surface area contributed by atoms with E-state index in [0.717, 1.165) is 36.0 Å². The zero-order valence-electron chi connectivity index (χ0n) is 16.7. The summed E-state index contributed by atoms with van der Waals surface area (Å²) in [5, 5.41) is 0. The van der Waals surface area contributed by atoms with E-state index in [1.807, 2.05) is 6.92 Å². The average molecular weight is 338 g/mol. The maximum absolute atomic E-state index is 13.1. The molecule has 2 aliphatic rings. The normalized spacial score (nSPS) is 20.0. The van der Waals surface area contributed by atoms with Gasteiger partial charge in [0.25, 0.3) is 0 Å². The van der Waals surface area contributed by atoms with Crippen LogP contribution in [0, 0.1) is 11.3 Å². The molecule has 0 amide bonds. The van der Waals surface area contributed by atoms with Crippen LogP contribution in [0.4, 0.5) is 0 Å². The molecule has 1 aromatic carbocycles. The van der Waals surface area contributed by atoms with E-state index in [-0.39, 0.29) is 28.3 Å². The van der Waals surface area contributed by atoms with Crippen molar-refractivity contribution < 1.29 is 9.59 Å². The smallest absolute Gasteiger partial charge is 0.234 e. The number of benzene rings is 1. The predicted octanol–water partition coefficient (Wildman–Crippen LogP) is 5.52. The van der Waals surface area contributed by atoms with Crippen LogP contribution in [0.2, 0.25) is 0 Å². The van der Waals surface area contributed by atoms with Crippen molar-refractivity contribution in [3.8, 4) is 0 Å². The van der Waals surface area contributed by atoms with Crippen molar-refractivity contribution in [3.63, 3.8) is 0 Å². The van der Waals surface area contributed by atoms with Gasteiger partial charge in [-0.05, 0) is 65.2 Å². The lowest BCUT2D eigenvalue weighted by molar-refractivity contribution is -0.113. The number of allylic oxidation sites excluding steroid dienone is 2. The minimum absolute atomic E-state index is 0.0705. The summed E-state index contributed by atoms with van der Waals surface area (Å²) in [4.78, 5) is 26.2. The van der Waals surface area contributed by atoms with Crippen LogP contribution in [0.25, 0.3) is 5.57 Å². The maximum atomic E-state index is 13.1.